The molecule has 2 aromatic carbocycles. The van der Waals surface area contributed by atoms with Crippen LogP contribution in [0.2, 0.25) is 0 Å². The Morgan fingerprint density at radius 2 is 1.69 bits per heavy atom. The zero-order chi connectivity index (χ0) is 18.4. The molecule has 0 aromatic heterocycles. The molecule has 0 atom stereocenters. The summed E-state index contributed by atoms with van der Waals surface area (Å²) in [5.41, 5.74) is 1.91. The van der Waals surface area contributed by atoms with Gasteiger partial charge in [0.15, 0.2) is 6.61 Å². The van der Waals surface area contributed by atoms with Gasteiger partial charge in [0.25, 0.3) is 5.91 Å². The summed E-state index contributed by atoms with van der Waals surface area (Å²) in [6.07, 6.45) is 2.18. The number of methoxy groups -OCH3 is 1. The summed E-state index contributed by atoms with van der Waals surface area (Å²) in [5, 5.41) is 0. The van der Waals surface area contributed by atoms with E-state index in [1.54, 1.807) is 12.0 Å². The van der Waals surface area contributed by atoms with Crippen LogP contribution in [0.5, 0.6) is 5.75 Å². The highest BCUT2D eigenvalue weighted by atomic mass is 16.5. The van der Waals surface area contributed by atoms with Gasteiger partial charge in [0.1, 0.15) is 5.75 Å². The molecule has 1 aliphatic rings. The summed E-state index contributed by atoms with van der Waals surface area (Å²) >= 11 is 0. The highest BCUT2D eigenvalue weighted by molar-refractivity contribution is 5.81. The summed E-state index contributed by atoms with van der Waals surface area (Å²) in [6, 6.07) is 17.3. The predicted octanol–water partition coefficient (Wildman–Crippen LogP) is 2.97. The lowest BCUT2D eigenvalue weighted by Crippen LogP contribution is -2.36. The lowest BCUT2D eigenvalue weighted by atomic mass is 10.2. The van der Waals surface area contributed by atoms with Crippen molar-refractivity contribution in [2.24, 2.45) is 0 Å². The van der Waals surface area contributed by atoms with E-state index in [4.69, 9.17) is 9.47 Å². The quantitative estimate of drug-likeness (QED) is 0.685. The van der Waals surface area contributed by atoms with Gasteiger partial charge in [-0.2, -0.15) is 0 Å². The summed E-state index contributed by atoms with van der Waals surface area (Å²) in [7, 11) is 1.62. The number of hydrogen-bond donors (Lipinski definition) is 0. The molecule has 0 spiro atoms. The Balaban J connectivity index is 1.52. The second-order valence-corrected chi connectivity index (χ2v) is 6.42. The molecule has 5 nitrogen and oxygen atoms in total. The molecule has 26 heavy (non-hydrogen) atoms. The monoisotopic (exact) mass is 353 g/mol. The SMILES string of the molecule is COc1ccc(CN(C(=O)COC(=O)Cc2ccccc2)C2CC2)cc1. The van der Waals surface area contributed by atoms with Crippen molar-refractivity contribution in [1.82, 2.24) is 4.90 Å². The van der Waals surface area contributed by atoms with Gasteiger partial charge in [0.2, 0.25) is 0 Å². The second kappa shape index (κ2) is 8.52. The first-order valence-electron chi connectivity index (χ1n) is 8.77. The molecule has 0 saturated heterocycles. The Morgan fingerprint density at radius 1 is 1.00 bits per heavy atom. The molecule has 1 fully saturated rings. The van der Waals surface area contributed by atoms with Crippen LogP contribution in [-0.4, -0.2) is 36.5 Å². The minimum Gasteiger partial charge on any atom is -0.497 e. The molecule has 0 aliphatic heterocycles. The van der Waals surface area contributed by atoms with Gasteiger partial charge in [-0.1, -0.05) is 42.5 Å². The van der Waals surface area contributed by atoms with Gasteiger partial charge < -0.3 is 14.4 Å². The molecule has 1 amide bonds. The average molecular weight is 353 g/mol. The molecule has 1 saturated carbocycles. The van der Waals surface area contributed by atoms with Crippen LogP contribution in [0.25, 0.3) is 0 Å². The number of rotatable bonds is 8. The maximum Gasteiger partial charge on any atom is 0.310 e. The number of carbonyl (C=O) groups excluding carboxylic acids is 2. The van der Waals surface area contributed by atoms with E-state index in [-0.39, 0.29) is 30.9 Å². The van der Waals surface area contributed by atoms with E-state index in [1.807, 2.05) is 54.6 Å². The van der Waals surface area contributed by atoms with E-state index < -0.39 is 0 Å². The maximum atomic E-state index is 12.5. The minimum atomic E-state index is -0.384. The van der Waals surface area contributed by atoms with Gasteiger partial charge in [-0.15, -0.1) is 0 Å². The van der Waals surface area contributed by atoms with Gasteiger partial charge in [-0.3, -0.25) is 9.59 Å². The van der Waals surface area contributed by atoms with E-state index in [0.29, 0.717) is 6.54 Å². The number of carbonyl (C=O) groups is 2. The first-order valence-corrected chi connectivity index (χ1v) is 8.77. The second-order valence-electron chi connectivity index (χ2n) is 6.42. The zero-order valence-electron chi connectivity index (χ0n) is 14.9. The first kappa shape index (κ1) is 18.0. The number of amides is 1. The van der Waals surface area contributed by atoms with Crippen LogP contribution in [0.3, 0.4) is 0 Å². The van der Waals surface area contributed by atoms with Crippen LogP contribution < -0.4 is 4.74 Å². The predicted molar refractivity (Wildman–Crippen MR) is 97.7 cm³/mol. The van der Waals surface area contributed by atoms with Crippen molar-refractivity contribution < 1.29 is 19.1 Å². The standard InChI is InChI=1S/C21H23NO4/c1-25-19-11-7-17(8-12-19)14-22(18-9-10-18)20(23)15-26-21(24)13-16-5-3-2-4-6-16/h2-8,11-12,18H,9-10,13-15H2,1H3. The lowest BCUT2D eigenvalue weighted by Gasteiger charge is -2.22. The molecule has 0 heterocycles. The zero-order valence-corrected chi connectivity index (χ0v) is 14.9. The molecule has 2 aromatic rings. The van der Waals surface area contributed by atoms with Crippen molar-refractivity contribution in [3.8, 4) is 5.75 Å². The van der Waals surface area contributed by atoms with Crippen molar-refractivity contribution in [2.75, 3.05) is 13.7 Å². The van der Waals surface area contributed by atoms with Crippen LogP contribution in [0, 0.1) is 0 Å². The van der Waals surface area contributed by atoms with Crippen molar-refractivity contribution >= 4 is 11.9 Å². The largest absolute Gasteiger partial charge is 0.497 e. The average Bonchev–Trinajstić information content (AvgIpc) is 3.50. The van der Waals surface area contributed by atoms with Gasteiger partial charge >= 0.3 is 5.97 Å². The Bertz CT molecular complexity index is 738. The van der Waals surface area contributed by atoms with E-state index in [2.05, 4.69) is 0 Å². The third-order valence-corrected chi connectivity index (χ3v) is 4.37. The number of esters is 1. The third-order valence-electron chi connectivity index (χ3n) is 4.37. The summed E-state index contributed by atoms with van der Waals surface area (Å²) in [4.78, 5) is 26.3. The first-order chi connectivity index (χ1) is 12.7. The maximum absolute atomic E-state index is 12.5. The van der Waals surface area contributed by atoms with Crippen molar-refractivity contribution in [3.63, 3.8) is 0 Å². The minimum absolute atomic E-state index is 0.148. The Labute approximate surface area is 153 Å². The van der Waals surface area contributed by atoms with Crippen molar-refractivity contribution in [3.05, 3.63) is 65.7 Å². The molecular formula is C21H23NO4. The van der Waals surface area contributed by atoms with Crippen LogP contribution >= 0.6 is 0 Å². The van der Waals surface area contributed by atoms with Crippen molar-refractivity contribution in [2.45, 2.75) is 31.8 Å². The number of nitrogens with zero attached hydrogens (tertiary/aromatic N) is 1. The van der Waals surface area contributed by atoms with Gasteiger partial charge in [-0.05, 0) is 36.1 Å². The molecule has 1 aliphatic carbocycles. The molecule has 0 N–H and O–H groups in total. The van der Waals surface area contributed by atoms with Crippen molar-refractivity contribution in [1.29, 1.82) is 0 Å². The summed E-state index contributed by atoms with van der Waals surface area (Å²) in [5.74, 6) is 0.252. The van der Waals surface area contributed by atoms with Gasteiger partial charge in [0.05, 0.1) is 13.5 Å². The molecule has 0 bridgehead atoms. The normalized spacial score (nSPS) is 13.1. The van der Waals surface area contributed by atoms with Crippen LogP contribution in [0.1, 0.15) is 24.0 Å². The smallest absolute Gasteiger partial charge is 0.310 e. The molecular weight excluding hydrogens is 330 g/mol. The molecule has 0 radical (unpaired) electrons. The number of benzene rings is 2. The lowest BCUT2D eigenvalue weighted by molar-refractivity contribution is -0.152. The fraction of sp³-hybridized carbons (Fsp3) is 0.333. The number of ether oxygens (including phenoxy) is 2. The van der Waals surface area contributed by atoms with E-state index in [0.717, 1.165) is 29.7 Å². The Kier molecular flexibility index (Phi) is 5.89. The fourth-order valence-electron chi connectivity index (χ4n) is 2.77. The highest BCUT2D eigenvalue weighted by Crippen LogP contribution is 2.28. The molecule has 3 rings (SSSR count). The number of hydrogen-bond acceptors (Lipinski definition) is 4. The molecule has 5 heteroatoms. The molecule has 0 unspecified atom stereocenters. The topological polar surface area (TPSA) is 55.8 Å². The van der Waals surface area contributed by atoms with E-state index in [1.165, 1.54) is 0 Å². The summed E-state index contributed by atoms with van der Waals surface area (Å²) < 4.78 is 10.3. The van der Waals surface area contributed by atoms with E-state index >= 15 is 0 Å². The van der Waals surface area contributed by atoms with E-state index in [9.17, 15) is 9.59 Å². The van der Waals surface area contributed by atoms with Crippen LogP contribution in [0.4, 0.5) is 0 Å². The van der Waals surface area contributed by atoms with Gasteiger partial charge in [0, 0.05) is 12.6 Å². The Hall–Kier alpha value is -2.82. The Morgan fingerprint density at radius 3 is 2.31 bits per heavy atom. The highest BCUT2D eigenvalue weighted by Gasteiger charge is 2.32. The third kappa shape index (κ3) is 5.09. The molecule has 136 valence electrons. The van der Waals surface area contributed by atoms with Crippen LogP contribution in [-0.2, 0) is 27.3 Å². The fourth-order valence-corrected chi connectivity index (χ4v) is 2.77. The van der Waals surface area contributed by atoms with Crippen LogP contribution in [0.15, 0.2) is 54.6 Å². The van der Waals surface area contributed by atoms with Gasteiger partial charge in [-0.25, -0.2) is 0 Å². The summed E-state index contributed by atoms with van der Waals surface area (Å²) in [6.45, 7) is 0.308.